The molecule has 1 rings (SSSR count). The van der Waals surface area contributed by atoms with Crippen LogP contribution in [0.1, 0.15) is 27.7 Å². The van der Waals surface area contributed by atoms with Gasteiger partial charge < -0.3 is 15.4 Å². The molecule has 5 heteroatoms. The van der Waals surface area contributed by atoms with Gasteiger partial charge in [-0.15, -0.1) is 0 Å². The van der Waals surface area contributed by atoms with Crippen LogP contribution in [0, 0.1) is 5.92 Å². The summed E-state index contributed by atoms with van der Waals surface area (Å²) < 4.78 is 5.80. The van der Waals surface area contributed by atoms with E-state index in [2.05, 4.69) is 16.8 Å². The molecule has 1 atom stereocenters. The van der Waals surface area contributed by atoms with Crippen molar-refractivity contribution >= 4 is 23.0 Å². The maximum absolute atomic E-state index is 5.80. The summed E-state index contributed by atoms with van der Waals surface area (Å²) in [7, 11) is 0. The lowest BCUT2D eigenvalue weighted by Crippen LogP contribution is -2.34. The highest BCUT2D eigenvalue weighted by Crippen LogP contribution is 2.26. The van der Waals surface area contributed by atoms with Gasteiger partial charge in [-0.25, -0.2) is 4.98 Å². The highest BCUT2D eigenvalue weighted by molar-refractivity contribution is 7.80. The second-order valence-corrected chi connectivity index (χ2v) is 5.31. The van der Waals surface area contributed by atoms with Crippen LogP contribution >= 0.6 is 12.2 Å². The van der Waals surface area contributed by atoms with E-state index in [9.17, 15) is 0 Å². The van der Waals surface area contributed by atoms with Crippen LogP contribution in [0.4, 0.5) is 5.82 Å². The molecular weight excluding hydrogens is 258 g/mol. The van der Waals surface area contributed by atoms with E-state index >= 15 is 0 Å². The van der Waals surface area contributed by atoms with Crippen molar-refractivity contribution in [2.24, 2.45) is 11.7 Å². The molecule has 0 aliphatic heterocycles. The number of nitrogens with two attached hydrogens (primary N) is 1. The summed E-state index contributed by atoms with van der Waals surface area (Å²) in [4.78, 5) is 7.10. The predicted octanol–water partition coefficient (Wildman–Crippen LogP) is 2.62. The summed E-state index contributed by atoms with van der Waals surface area (Å²) in [6.45, 7) is 9.70. The molecule has 19 heavy (non-hydrogen) atoms. The molecule has 1 unspecified atom stereocenters. The number of hydrogen-bond acceptors (Lipinski definition) is 4. The molecule has 0 spiro atoms. The second-order valence-electron chi connectivity index (χ2n) is 4.83. The Labute approximate surface area is 121 Å². The van der Waals surface area contributed by atoms with Crippen molar-refractivity contribution in [3.8, 4) is 5.75 Å². The lowest BCUT2D eigenvalue weighted by Gasteiger charge is -2.27. The molecule has 1 aromatic heterocycles. The maximum Gasteiger partial charge on any atom is 0.171 e. The standard InChI is InChI=1S/C14H23N3OS/c1-5-17(9-11(4)13(15)19)14-12(18-10(2)3)7-6-8-16-14/h6-8,10-11H,5,9H2,1-4H3,(H2,15,19). The van der Waals surface area contributed by atoms with Crippen LogP contribution in [0.25, 0.3) is 0 Å². The molecule has 0 aromatic carbocycles. The molecule has 0 bridgehead atoms. The SMILES string of the molecule is CCN(CC(C)C(N)=S)c1ncccc1OC(C)C. The third-order valence-electron chi connectivity index (χ3n) is 2.77. The first kappa shape index (κ1) is 15.7. The quantitative estimate of drug-likeness (QED) is 0.779. The van der Waals surface area contributed by atoms with Crippen molar-refractivity contribution in [2.45, 2.75) is 33.8 Å². The van der Waals surface area contributed by atoms with Gasteiger partial charge in [-0.1, -0.05) is 19.1 Å². The van der Waals surface area contributed by atoms with Crippen LogP contribution in [-0.4, -0.2) is 29.2 Å². The van der Waals surface area contributed by atoms with Crippen molar-refractivity contribution in [1.29, 1.82) is 0 Å². The molecule has 4 nitrogen and oxygen atoms in total. The molecule has 0 saturated carbocycles. The Balaban J connectivity index is 2.94. The molecule has 2 N–H and O–H groups in total. The zero-order valence-electron chi connectivity index (χ0n) is 12.1. The van der Waals surface area contributed by atoms with Crippen molar-refractivity contribution in [2.75, 3.05) is 18.0 Å². The van der Waals surface area contributed by atoms with E-state index in [1.165, 1.54) is 0 Å². The molecule has 0 fully saturated rings. The van der Waals surface area contributed by atoms with Crippen LogP contribution in [0.5, 0.6) is 5.75 Å². The predicted molar refractivity (Wildman–Crippen MR) is 83.8 cm³/mol. The van der Waals surface area contributed by atoms with Crippen LogP contribution in [-0.2, 0) is 0 Å². The number of ether oxygens (including phenoxy) is 1. The van der Waals surface area contributed by atoms with Crippen molar-refractivity contribution < 1.29 is 4.74 Å². The zero-order valence-corrected chi connectivity index (χ0v) is 12.9. The number of hydrogen-bond donors (Lipinski definition) is 1. The average Bonchev–Trinajstić information content (AvgIpc) is 2.35. The Kier molecular flexibility index (Phi) is 6.02. The van der Waals surface area contributed by atoms with Crippen LogP contribution in [0.15, 0.2) is 18.3 Å². The first-order valence-electron chi connectivity index (χ1n) is 6.61. The first-order valence-corrected chi connectivity index (χ1v) is 7.02. The summed E-state index contributed by atoms with van der Waals surface area (Å²) in [5, 5.41) is 0. The van der Waals surface area contributed by atoms with Gasteiger partial charge in [0.25, 0.3) is 0 Å². The summed E-state index contributed by atoms with van der Waals surface area (Å²) in [6.07, 6.45) is 1.89. The van der Waals surface area contributed by atoms with Gasteiger partial charge in [0.15, 0.2) is 11.6 Å². The molecule has 0 saturated heterocycles. The van der Waals surface area contributed by atoms with Gasteiger partial charge >= 0.3 is 0 Å². The Bertz CT molecular complexity index is 423. The maximum atomic E-state index is 5.80. The first-order chi connectivity index (χ1) is 8.95. The minimum atomic E-state index is 0.120. The monoisotopic (exact) mass is 281 g/mol. The summed E-state index contributed by atoms with van der Waals surface area (Å²) in [5.41, 5.74) is 5.69. The largest absolute Gasteiger partial charge is 0.487 e. The van der Waals surface area contributed by atoms with Crippen molar-refractivity contribution in [3.05, 3.63) is 18.3 Å². The number of nitrogens with zero attached hydrogens (tertiary/aromatic N) is 2. The van der Waals surface area contributed by atoms with E-state index < -0.39 is 0 Å². The number of thiocarbonyl (C=S) groups is 1. The van der Waals surface area contributed by atoms with Gasteiger partial charge in [-0.05, 0) is 32.9 Å². The van der Waals surface area contributed by atoms with E-state index in [-0.39, 0.29) is 12.0 Å². The van der Waals surface area contributed by atoms with Crippen LogP contribution < -0.4 is 15.4 Å². The molecule has 1 heterocycles. The molecule has 0 radical (unpaired) electrons. The number of anilines is 1. The van der Waals surface area contributed by atoms with Gasteiger partial charge in [-0.3, -0.25) is 0 Å². The fourth-order valence-corrected chi connectivity index (χ4v) is 1.83. The fourth-order valence-electron chi connectivity index (χ4n) is 1.75. The molecule has 0 amide bonds. The normalized spacial score (nSPS) is 12.3. The van der Waals surface area contributed by atoms with Gasteiger partial charge in [0.1, 0.15) is 0 Å². The van der Waals surface area contributed by atoms with Gasteiger partial charge in [0.2, 0.25) is 0 Å². The minimum absolute atomic E-state index is 0.120. The topological polar surface area (TPSA) is 51.4 Å². The zero-order chi connectivity index (χ0) is 14.4. The van der Waals surface area contributed by atoms with Crippen LogP contribution in [0.3, 0.4) is 0 Å². The highest BCUT2D eigenvalue weighted by atomic mass is 32.1. The second kappa shape index (κ2) is 7.28. The third-order valence-corrected chi connectivity index (χ3v) is 3.18. The average molecular weight is 281 g/mol. The Morgan fingerprint density at radius 1 is 1.47 bits per heavy atom. The lowest BCUT2D eigenvalue weighted by molar-refractivity contribution is 0.242. The van der Waals surface area contributed by atoms with Crippen LogP contribution in [0.2, 0.25) is 0 Å². The number of pyridine rings is 1. The number of aromatic nitrogens is 1. The van der Waals surface area contributed by atoms with E-state index in [4.69, 9.17) is 22.7 Å². The van der Waals surface area contributed by atoms with Crippen molar-refractivity contribution in [3.63, 3.8) is 0 Å². The Hall–Kier alpha value is -1.36. The van der Waals surface area contributed by atoms with Gasteiger partial charge in [0, 0.05) is 25.2 Å². The molecule has 1 aromatic rings. The molecular formula is C14H23N3OS. The van der Waals surface area contributed by atoms with E-state index in [0.717, 1.165) is 24.7 Å². The minimum Gasteiger partial charge on any atom is -0.487 e. The summed E-state index contributed by atoms with van der Waals surface area (Å²) >= 11 is 5.04. The van der Waals surface area contributed by atoms with Gasteiger partial charge in [-0.2, -0.15) is 0 Å². The third kappa shape index (κ3) is 4.67. The molecule has 0 aliphatic rings. The Morgan fingerprint density at radius 2 is 2.16 bits per heavy atom. The van der Waals surface area contributed by atoms with E-state index in [1.807, 2.05) is 32.9 Å². The summed E-state index contributed by atoms with van der Waals surface area (Å²) in [5.74, 6) is 1.79. The van der Waals surface area contributed by atoms with Crippen molar-refractivity contribution in [1.82, 2.24) is 4.98 Å². The van der Waals surface area contributed by atoms with E-state index in [1.54, 1.807) is 6.20 Å². The smallest absolute Gasteiger partial charge is 0.171 e. The molecule has 0 aliphatic carbocycles. The Morgan fingerprint density at radius 3 is 2.68 bits per heavy atom. The van der Waals surface area contributed by atoms with E-state index in [0.29, 0.717) is 4.99 Å². The highest BCUT2D eigenvalue weighted by Gasteiger charge is 2.17. The lowest BCUT2D eigenvalue weighted by atomic mass is 10.1. The van der Waals surface area contributed by atoms with Gasteiger partial charge in [0.05, 0.1) is 11.1 Å². The molecule has 106 valence electrons. The fraction of sp³-hybridized carbons (Fsp3) is 0.571. The summed E-state index contributed by atoms with van der Waals surface area (Å²) in [6, 6.07) is 3.82. The number of rotatable bonds is 7.